The van der Waals surface area contributed by atoms with Crippen LogP contribution in [0.5, 0.6) is 0 Å². The molecule has 6 nitrogen and oxygen atoms in total. The Bertz CT molecular complexity index is 966. The van der Waals surface area contributed by atoms with Crippen molar-refractivity contribution in [3.8, 4) is 0 Å². The van der Waals surface area contributed by atoms with Gasteiger partial charge in [0.15, 0.2) is 5.82 Å². The minimum Gasteiger partial charge on any atom is -0.364 e. The number of hydrogen-bond donors (Lipinski definition) is 2. The van der Waals surface area contributed by atoms with Crippen molar-refractivity contribution < 1.29 is 8.42 Å². The molecule has 0 spiro atoms. The fraction of sp³-hybridized carbons (Fsp3) is 0.176. The Balaban J connectivity index is 1.65. The quantitative estimate of drug-likeness (QED) is 0.689. The smallest absolute Gasteiger partial charge is 0.272 e. The second-order valence-corrected chi connectivity index (χ2v) is 8.75. The maximum Gasteiger partial charge on any atom is 0.272 e. The zero-order chi connectivity index (χ0) is 17.9. The number of aromatic nitrogens is 2. The number of nitrogens with one attached hydrogen (secondary N) is 2. The van der Waals surface area contributed by atoms with Gasteiger partial charge < -0.3 is 5.32 Å². The number of nitrogens with zero attached hydrogens (tertiary/aromatic N) is 2. The van der Waals surface area contributed by atoms with Crippen LogP contribution in [0, 0.1) is 13.8 Å². The molecular weight excluding hydrogens is 356 g/mol. The molecule has 3 rings (SSSR count). The van der Waals surface area contributed by atoms with Gasteiger partial charge in [-0.15, -0.1) is 21.5 Å². The molecule has 3 aromatic rings. The normalized spacial score (nSPS) is 11.3. The maximum absolute atomic E-state index is 12.3. The van der Waals surface area contributed by atoms with Gasteiger partial charge in [0.2, 0.25) is 0 Å². The Morgan fingerprint density at radius 2 is 1.68 bits per heavy atom. The summed E-state index contributed by atoms with van der Waals surface area (Å²) in [5.74, 6) is 0.769. The molecule has 0 amide bonds. The lowest BCUT2D eigenvalue weighted by molar-refractivity contribution is 0.603. The molecule has 0 fully saturated rings. The van der Waals surface area contributed by atoms with E-state index in [0.29, 0.717) is 12.4 Å². The van der Waals surface area contributed by atoms with Crippen LogP contribution >= 0.6 is 11.3 Å². The average molecular weight is 374 g/mol. The minimum atomic E-state index is -3.62. The van der Waals surface area contributed by atoms with Crippen LogP contribution in [-0.4, -0.2) is 18.6 Å². The Morgan fingerprint density at radius 3 is 2.32 bits per heavy atom. The van der Waals surface area contributed by atoms with E-state index in [1.54, 1.807) is 24.3 Å². The summed E-state index contributed by atoms with van der Waals surface area (Å²) >= 11 is 1.21. The Kier molecular flexibility index (Phi) is 5.00. The van der Waals surface area contributed by atoms with Gasteiger partial charge in [0, 0.05) is 11.4 Å². The number of rotatable bonds is 6. The Hall–Kier alpha value is -2.45. The van der Waals surface area contributed by atoms with E-state index >= 15 is 0 Å². The number of anilines is 2. The van der Waals surface area contributed by atoms with Crippen LogP contribution in [-0.2, 0) is 16.6 Å². The van der Waals surface area contributed by atoms with Gasteiger partial charge >= 0.3 is 0 Å². The van der Waals surface area contributed by atoms with Crippen molar-refractivity contribution in [2.24, 2.45) is 0 Å². The fourth-order valence-corrected chi connectivity index (χ4v) is 4.50. The number of aryl methyl sites for hydroxylation is 2. The molecule has 0 unspecified atom stereocenters. The number of hydrogen-bond acceptors (Lipinski definition) is 6. The highest BCUT2D eigenvalue weighted by Crippen LogP contribution is 2.22. The first-order valence-electron chi connectivity index (χ1n) is 7.65. The summed E-state index contributed by atoms with van der Waals surface area (Å²) in [5, 5.41) is 11.1. The van der Waals surface area contributed by atoms with E-state index in [1.165, 1.54) is 22.5 Å². The molecular formula is C17H18N4O2S2. The fourth-order valence-electron chi connectivity index (χ4n) is 2.22. The summed E-state index contributed by atoms with van der Waals surface area (Å²) < 4.78 is 27.2. The van der Waals surface area contributed by atoms with E-state index < -0.39 is 10.0 Å². The number of sulfonamides is 1. The molecule has 0 saturated carbocycles. The van der Waals surface area contributed by atoms with Crippen molar-refractivity contribution in [3.63, 3.8) is 0 Å². The molecule has 2 heterocycles. The molecule has 0 bridgehead atoms. The van der Waals surface area contributed by atoms with Crippen LogP contribution in [0.4, 0.5) is 11.6 Å². The predicted octanol–water partition coefficient (Wildman–Crippen LogP) is 3.57. The molecule has 130 valence electrons. The molecule has 1 aromatic carbocycles. The highest BCUT2D eigenvalue weighted by atomic mass is 32.2. The lowest BCUT2D eigenvalue weighted by atomic mass is 10.1. The summed E-state index contributed by atoms with van der Waals surface area (Å²) in [4.78, 5) is 0.933. The van der Waals surface area contributed by atoms with Crippen LogP contribution in [0.15, 0.2) is 52.7 Å². The monoisotopic (exact) mass is 374 g/mol. The number of benzene rings is 1. The summed E-state index contributed by atoms with van der Waals surface area (Å²) in [6, 6.07) is 14.7. The lowest BCUT2D eigenvalue weighted by Crippen LogP contribution is -2.13. The van der Waals surface area contributed by atoms with Crippen LogP contribution in [0.2, 0.25) is 0 Å². The standard InChI is InChI=1S/C17H18N4O2S2/c1-12-5-3-4-6-14(12)11-18-15-8-9-16(20-19-15)21-25(22,23)17-10-7-13(2)24-17/h3-10H,11H2,1-2H3,(H,18,19)(H,20,21). The van der Waals surface area contributed by atoms with Crippen LogP contribution in [0.3, 0.4) is 0 Å². The van der Waals surface area contributed by atoms with Crippen LogP contribution in [0.1, 0.15) is 16.0 Å². The summed E-state index contributed by atoms with van der Waals surface area (Å²) in [6.45, 7) is 4.53. The molecule has 8 heteroatoms. The predicted molar refractivity (Wildman–Crippen MR) is 100 cm³/mol. The molecule has 2 N–H and O–H groups in total. The number of thiophene rings is 1. The molecule has 0 radical (unpaired) electrons. The molecule has 2 aromatic heterocycles. The van der Waals surface area contributed by atoms with Crippen molar-refractivity contribution in [2.75, 3.05) is 10.0 Å². The van der Waals surface area contributed by atoms with Gasteiger partial charge in [-0.25, -0.2) is 8.42 Å². The van der Waals surface area contributed by atoms with E-state index in [4.69, 9.17) is 0 Å². The lowest BCUT2D eigenvalue weighted by Gasteiger charge is -2.09. The largest absolute Gasteiger partial charge is 0.364 e. The third-order valence-corrected chi connectivity index (χ3v) is 6.45. The van der Waals surface area contributed by atoms with Crippen LogP contribution in [0.25, 0.3) is 0 Å². The Morgan fingerprint density at radius 1 is 0.960 bits per heavy atom. The van der Waals surface area contributed by atoms with Crippen molar-refractivity contribution in [2.45, 2.75) is 24.6 Å². The molecule has 0 aliphatic carbocycles. The van der Waals surface area contributed by atoms with E-state index in [2.05, 4.69) is 20.2 Å². The maximum atomic E-state index is 12.3. The van der Waals surface area contributed by atoms with Gasteiger partial charge in [-0.3, -0.25) is 4.72 Å². The third kappa shape index (κ3) is 4.34. The van der Waals surface area contributed by atoms with Crippen molar-refractivity contribution in [1.82, 2.24) is 10.2 Å². The molecule has 0 aliphatic heterocycles. The SMILES string of the molecule is Cc1ccc(S(=O)(=O)Nc2ccc(NCc3ccccc3C)nn2)s1. The minimum absolute atomic E-state index is 0.187. The van der Waals surface area contributed by atoms with E-state index in [1.807, 2.05) is 38.1 Å². The van der Waals surface area contributed by atoms with E-state index in [-0.39, 0.29) is 10.0 Å². The van der Waals surface area contributed by atoms with Gasteiger partial charge in [-0.2, -0.15) is 0 Å². The zero-order valence-corrected chi connectivity index (χ0v) is 15.5. The first-order chi connectivity index (χ1) is 11.9. The second kappa shape index (κ2) is 7.20. The Labute approximate surface area is 151 Å². The van der Waals surface area contributed by atoms with Gasteiger partial charge in [-0.05, 0) is 49.2 Å². The highest BCUT2D eigenvalue weighted by molar-refractivity contribution is 7.94. The van der Waals surface area contributed by atoms with Crippen LogP contribution < -0.4 is 10.0 Å². The highest BCUT2D eigenvalue weighted by Gasteiger charge is 2.17. The van der Waals surface area contributed by atoms with Gasteiger partial charge in [0.1, 0.15) is 10.0 Å². The summed E-state index contributed by atoms with van der Waals surface area (Å²) in [5.41, 5.74) is 2.36. The molecule has 0 atom stereocenters. The second-order valence-electron chi connectivity index (χ2n) is 5.55. The topological polar surface area (TPSA) is 84.0 Å². The van der Waals surface area contributed by atoms with E-state index in [9.17, 15) is 8.42 Å². The summed E-state index contributed by atoms with van der Waals surface area (Å²) in [6.07, 6.45) is 0. The van der Waals surface area contributed by atoms with E-state index in [0.717, 1.165) is 4.88 Å². The van der Waals surface area contributed by atoms with Gasteiger partial charge in [0.25, 0.3) is 10.0 Å². The van der Waals surface area contributed by atoms with Crippen molar-refractivity contribution in [1.29, 1.82) is 0 Å². The van der Waals surface area contributed by atoms with Gasteiger partial charge in [0.05, 0.1) is 0 Å². The summed E-state index contributed by atoms with van der Waals surface area (Å²) in [7, 11) is -3.62. The van der Waals surface area contributed by atoms with Gasteiger partial charge in [-0.1, -0.05) is 24.3 Å². The van der Waals surface area contributed by atoms with Crippen molar-refractivity contribution in [3.05, 3.63) is 64.5 Å². The van der Waals surface area contributed by atoms with Crippen molar-refractivity contribution >= 4 is 33.0 Å². The first kappa shape index (κ1) is 17.4. The molecule has 25 heavy (non-hydrogen) atoms. The first-order valence-corrected chi connectivity index (χ1v) is 9.95. The third-order valence-electron chi connectivity index (χ3n) is 3.61. The zero-order valence-electron chi connectivity index (χ0n) is 13.9. The molecule has 0 saturated heterocycles. The molecule has 0 aliphatic rings. The average Bonchev–Trinajstić information content (AvgIpc) is 3.03.